The second kappa shape index (κ2) is 5.47. The van der Waals surface area contributed by atoms with E-state index in [-0.39, 0.29) is 18.0 Å². The smallest absolute Gasteiger partial charge is 0.311 e. The summed E-state index contributed by atoms with van der Waals surface area (Å²) in [6.07, 6.45) is 0. The van der Waals surface area contributed by atoms with Crippen LogP contribution in [0.3, 0.4) is 0 Å². The SMILES string of the molecule is O=[N+]([O-])c1ccc(Cl)cc1OCc1nnsc1Cl. The minimum absolute atomic E-state index is 0.00346. The van der Waals surface area contributed by atoms with Crippen LogP contribution in [0, 0.1) is 10.1 Å². The predicted octanol–water partition coefficient (Wildman–Crippen LogP) is 3.33. The lowest BCUT2D eigenvalue weighted by molar-refractivity contribution is -0.385. The Hall–Kier alpha value is -1.44. The van der Waals surface area contributed by atoms with Crippen molar-refractivity contribution in [2.45, 2.75) is 6.61 Å². The number of hydrogen-bond donors (Lipinski definition) is 0. The Morgan fingerprint density at radius 3 is 2.83 bits per heavy atom. The van der Waals surface area contributed by atoms with Crippen molar-refractivity contribution in [2.75, 3.05) is 0 Å². The van der Waals surface area contributed by atoms with Gasteiger partial charge in [-0.25, -0.2) is 0 Å². The third-order valence-electron chi connectivity index (χ3n) is 1.99. The zero-order valence-electron chi connectivity index (χ0n) is 8.67. The molecule has 1 aromatic heterocycles. The van der Waals surface area contributed by atoms with Gasteiger partial charge in [-0.15, -0.1) is 5.10 Å². The Morgan fingerprint density at radius 1 is 1.44 bits per heavy atom. The van der Waals surface area contributed by atoms with Crippen molar-refractivity contribution in [3.05, 3.63) is 43.4 Å². The van der Waals surface area contributed by atoms with E-state index in [1.807, 2.05) is 0 Å². The maximum Gasteiger partial charge on any atom is 0.311 e. The Morgan fingerprint density at radius 2 is 2.22 bits per heavy atom. The number of nitro benzene ring substituents is 1. The maximum absolute atomic E-state index is 10.8. The summed E-state index contributed by atoms with van der Waals surface area (Å²) in [5.74, 6) is 0.0663. The minimum atomic E-state index is -0.549. The van der Waals surface area contributed by atoms with Crippen LogP contribution in [-0.4, -0.2) is 14.5 Å². The topological polar surface area (TPSA) is 78.2 Å². The van der Waals surface area contributed by atoms with E-state index in [2.05, 4.69) is 9.59 Å². The van der Waals surface area contributed by atoms with Crippen LogP contribution >= 0.6 is 34.7 Å². The van der Waals surface area contributed by atoms with Crippen molar-refractivity contribution < 1.29 is 9.66 Å². The summed E-state index contributed by atoms with van der Waals surface area (Å²) in [7, 11) is 0. The van der Waals surface area contributed by atoms with Gasteiger partial charge in [0.05, 0.1) is 4.92 Å². The van der Waals surface area contributed by atoms with Gasteiger partial charge in [0, 0.05) is 28.7 Å². The highest BCUT2D eigenvalue weighted by Crippen LogP contribution is 2.31. The molecule has 0 unspecified atom stereocenters. The van der Waals surface area contributed by atoms with Crippen LogP contribution in [0.15, 0.2) is 18.2 Å². The summed E-state index contributed by atoms with van der Waals surface area (Å²) in [6, 6.07) is 4.07. The molecule has 0 bridgehead atoms. The lowest BCUT2D eigenvalue weighted by Gasteiger charge is -2.05. The zero-order chi connectivity index (χ0) is 13.1. The van der Waals surface area contributed by atoms with Gasteiger partial charge in [-0.3, -0.25) is 10.1 Å². The number of halogens is 2. The van der Waals surface area contributed by atoms with Crippen molar-refractivity contribution in [2.24, 2.45) is 0 Å². The number of aromatic nitrogens is 2. The Balaban J connectivity index is 2.20. The lowest BCUT2D eigenvalue weighted by Crippen LogP contribution is -2.00. The number of rotatable bonds is 4. The molecule has 2 rings (SSSR count). The van der Waals surface area contributed by atoms with Crippen molar-refractivity contribution in [3.63, 3.8) is 0 Å². The second-order valence-corrected chi connectivity index (χ2v) is 4.94. The van der Waals surface area contributed by atoms with E-state index in [9.17, 15) is 10.1 Å². The Labute approximate surface area is 115 Å². The number of benzene rings is 1. The third-order valence-corrected chi connectivity index (χ3v) is 3.21. The summed E-state index contributed by atoms with van der Waals surface area (Å²) >= 11 is 12.6. The standard InChI is InChI=1S/C9H5Cl2N3O3S/c10-5-1-2-7(14(15)16)8(3-5)17-4-6-9(11)18-13-12-6/h1-3H,4H2. The van der Waals surface area contributed by atoms with Gasteiger partial charge >= 0.3 is 5.69 Å². The number of ether oxygens (including phenoxy) is 1. The molecule has 0 saturated heterocycles. The molecular weight excluding hydrogens is 301 g/mol. The molecule has 1 aromatic carbocycles. The van der Waals surface area contributed by atoms with Gasteiger partial charge < -0.3 is 4.74 Å². The Bertz CT molecular complexity index is 590. The molecule has 9 heteroatoms. The molecule has 94 valence electrons. The predicted molar refractivity (Wildman–Crippen MR) is 67.4 cm³/mol. The van der Waals surface area contributed by atoms with E-state index in [0.29, 0.717) is 15.1 Å². The van der Waals surface area contributed by atoms with E-state index < -0.39 is 4.92 Å². The van der Waals surface area contributed by atoms with Gasteiger partial charge in [-0.1, -0.05) is 27.7 Å². The van der Waals surface area contributed by atoms with Gasteiger partial charge in [0.15, 0.2) is 5.75 Å². The Kier molecular flexibility index (Phi) is 3.95. The molecule has 0 N–H and O–H groups in total. The third kappa shape index (κ3) is 2.87. The summed E-state index contributed by atoms with van der Waals surface area (Å²) in [4.78, 5) is 10.2. The van der Waals surface area contributed by atoms with Crippen LogP contribution in [0.2, 0.25) is 9.36 Å². The second-order valence-electron chi connectivity index (χ2n) is 3.15. The summed E-state index contributed by atoms with van der Waals surface area (Å²) < 4.78 is 9.32. The molecule has 0 aliphatic heterocycles. The van der Waals surface area contributed by atoms with E-state index in [1.54, 1.807) is 0 Å². The fourth-order valence-corrected chi connectivity index (χ4v) is 1.95. The first-order valence-electron chi connectivity index (χ1n) is 4.61. The van der Waals surface area contributed by atoms with Crippen LogP contribution < -0.4 is 4.74 Å². The fraction of sp³-hybridized carbons (Fsp3) is 0.111. The highest BCUT2D eigenvalue weighted by Gasteiger charge is 2.16. The summed E-state index contributed by atoms with van der Waals surface area (Å²) in [5.41, 5.74) is 0.259. The van der Waals surface area contributed by atoms with Crippen LogP contribution in [0.25, 0.3) is 0 Å². The van der Waals surface area contributed by atoms with Gasteiger partial charge in [0.2, 0.25) is 0 Å². The van der Waals surface area contributed by atoms with Crippen LogP contribution in [-0.2, 0) is 6.61 Å². The molecule has 6 nitrogen and oxygen atoms in total. The van der Waals surface area contributed by atoms with E-state index in [1.165, 1.54) is 18.2 Å². The first-order valence-corrected chi connectivity index (χ1v) is 6.14. The van der Waals surface area contributed by atoms with E-state index >= 15 is 0 Å². The average Bonchev–Trinajstić information content (AvgIpc) is 2.72. The van der Waals surface area contributed by atoms with Crippen molar-refractivity contribution in [1.82, 2.24) is 9.59 Å². The molecule has 0 aliphatic carbocycles. The van der Waals surface area contributed by atoms with Crippen molar-refractivity contribution in [1.29, 1.82) is 0 Å². The van der Waals surface area contributed by atoms with E-state index in [4.69, 9.17) is 27.9 Å². The van der Waals surface area contributed by atoms with Crippen LogP contribution in [0.1, 0.15) is 5.69 Å². The van der Waals surface area contributed by atoms with Crippen LogP contribution in [0.5, 0.6) is 5.75 Å². The molecule has 0 spiro atoms. The maximum atomic E-state index is 10.8. The molecule has 0 atom stereocenters. The summed E-state index contributed by atoms with van der Waals surface area (Å²) in [6.45, 7) is -0.00346. The normalized spacial score (nSPS) is 10.3. The quantitative estimate of drug-likeness (QED) is 0.639. The minimum Gasteiger partial charge on any atom is -0.480 e. The largest absolute Gasteiger partial charge is 0.480 e. The molecular formula is C9H5Cl2N3O3S. The summed E-state index contributed by atoms with van der Waals surface area (Å²) in [5, 5.41) is 14.9. The highest BCUT2D eigenvalue weighted by molar-refractivity contribution is 7.10. The van der Waals surface area contributed by atoms with Gasteiger partial charge in [-0.2, -0.15) is 0 Å². The molecule has 0 saturated carbocycles. The zero-order valence-corrected chi connectivity index (χ0v) is 11.0. The molecule has 0 aliphatic rings. The first-order chi connectivity index (χ1) is 8.58. The average molecular weight is 306 g/mol. The highest BCUT2D eigenvalue weighted by atomic mass is 35.5. The molecule has 2 aromatic rings. The van der Waals surface area contributed by atoms with Gasteiger partial charge in [0.25, 0.3) is 0 Å². The number of nitrogens with zero attached hydrogens (tertiary/aromatic N) is 3. The molecule has 0 radical (unpaired) electrons. The van der Waals surface area contributed by atoms with Crippen LogP contribution in [0.4, 0.5) is 5.69 Å². The lowest BCUT2D eigenvalue weighted by atomic mass is 10.3. The molecule has 1 heterocycles. The van der Waals surface area contributed by atoms with Gasteiger partial charge in [-0.05, 0) is 6.07 Å². The fourth-order valence-electron chi connectivity index (χ4n) is 1.18. The van der Waals surface area contributed by atoms with Gasteiger partial charge in [0.1, 0.15) is 16.6 Å². The number of hydrogen-bond acceptors (Lipinski definition) is 6. The molecule has 0 amide bonds. The van der Waals surface area contributed by atoms with E-state index in [0.717, 1.165) is 11.5 Å². The molecule has 0 fully saturated rings. The monoisotopic (exact) mass is 305 g/mol. The number of nitro groups is 1. The molecule has 18 heavy (non-hydrogen) atoms. The van der Waals surface area contributed by atoms with Crippen molar-refractivity contribution >= 4 is 40.4 Å². The van der Waals surface area contributed by atoms with Crippen molar-refractivity contribution in [3.8, 4) is 5.75 Å². The first kappa shape index (κ1) is 13.0.